The molecule has 0 bridgehead atoms. The van der Waals surface area contributed by atoms with Gasteiger partial charge < -0.3 is 15.8 Å². The molecule has 0 aliphatic rings. The first-order chi connectivity index (χ1) is 16.2. The second kappa shape index (κ2) is 11.3. The summed E-state index contributed by atoms with van der Waals surface area (Å²) >= 11 is 0. The van der Waals surface area contributed by atoms with Gasteiger partial charge >= 0.3 is 6.09 Å². The molecule has 0 radical (unpaired) electrons. The molecule has 2 amide bonds. The maximum absolute atomic E-state index is 12.8. The Balaban J connectivity index is 2.34. The Hall–Kier alpha value is -3.43. The minimum Gasteiger partial charge on any atom is -0.442 e. The van der Waals surface area contributed by atoms with E-state index in [1.165, 1.54) is 5.01 Å². The van der Waals surface area contributed by atoms with Crippen molar-refractivity contribution >= 4 is 29.3 Å². The summed E-state index contributed by atoms with van der Waals surface area (Å²) in [7, 11) is 0. The van der Waals surface area contributed by atoms with Crippen molar-refractivity contribution in [3.63, 3.8) is 0 Å². The van der Waals surface area contributed by atoms with Crippen molar-refractivity contribution in [1.82, 2.24) is 20.2 Å². The van der Waals surface area contributed by atoms with Crippen LogP contribution in [-0.2, 0) is 10.2 Å². The van der Waals surface area contributed by atoms with E-state index in [4.69, 9.17) is 10.5 Å². The van der Waals surface area contributed by atoms with Crippen molar-refractivity contribution in [2.45, 2.75) is 79.2 Å². The van der Waals surface area contributed by atoms with Crippen molar-refractivity contribution in [3.8, 4) is 0 Å². The molecule has 0 aliphatic carbocycles. The number of hydrogen-bond donors (Lipinski definition) is 3. The minimum atomic E-state index is -0.737. The smallest absolute Gasteiger partial charge is 0.429 e. The van der Waals surface area contributed by atoms with Crippen LogP contribution in [0.15, 0.2) is 24.3 Å². The lowest BCUT2D eigenvalue weighted by Gasteiger charge is -2.28. The van der Waals surface area contributed by atoms with Crippen LogP contribution in [0.4, 0.5) is 22.1 Å². The number of carbonyl (C=O) groups excluding carboxylic acids is 2. The third-order valence-corrected chi connectivity index (χ3v) is 4.83. The molecule has 192 valence electrons. The molecule has 2 heterocycles. The van der Waals surface area contributed by atoms with E-state index >= 15 is 0 Å². The van der Waals surface area contributed by atoms with Crippen LogP contribution in [0.3, 0.4) is 0 Å². The molecule has 0 unspecified atom stereocenters. The topological polar surface area (TPSA) is 135 Å². The number of ether oxygens (including phenoxy) is 1. The monoisotopic (exact) mass is 485 g/mol. The normalized spacial score (nSPS) is 11.8. The molecule has 35 heavy (non-hydrogen) atoms. The van der Waals surface area contributed by atoms with Crippen LogP contribution in [0.2, 0.25) is 0 Å². The number of nitrogens with one attached hydrogen (secondary N) is 2. The maximum atomic E-state index is 12.8. The molecule has 0 saturated heterocycles. The number of nitrogens with zero attached hydrogens (tertiary/aromatic N) is 4. The molecule has 10 nitrogen and oxygen atoms in total. The molecule has 2 aromatic rings. The Labute approximate surface area is 208 Å². The summed E-state index contributed by atoms with van der Waals surface area (Å²) < 4.78 is 5.54. The van der Waals surface area contributed by atoms with Crippen LogP contribution in [-0.4, -0.2) is 44.3 Å². The highest BCUT2D eigenvalue weighted by Gasteiger charge is 2.24. The number of primary amides is 1. The summed E-state index contributed by atoms with van der Waals surface area (Å²) in [5.41, 5.74) is 8.84. The summed E-state index contributed by atoms with van der Waals surface area (Å²) in [6, 6.07) is 7.17. The Bertz CT molecular complexity index is 1030. The Morgan fingerprint density at radius 1 is 1.09 bits per heavy atom. The Morgan fingerprint density at radius 2 is 1.77 bits per heavy atom. The highest BCUT2D eigenvalue weighted by molar-refractivity contribution is 5.97. The lowest BCUT2D eigenvalue weighted by atomic mass is 9.92. The van der Waals surface area contributed by atoms with E-state index in [0.29, 0.717) is 24.0 Å². The van der Waals surface area contributed by atoms with E-state index in [9.17, 15) is 9.59 Å². The molecule has 4 N–H and O–H groups in total. The van der Waals surface area contributed by atoms with Crippen molar-refractivity contribution in [2.75, 3.05) is 17.3 Å². The molecule has 0 fully saturated rings. The van der Waals surface area contributed by atoms with Gasteiger partial charge in [-0.25, -0.2) is 14.8 Å². The predicted molar refractivity (Wildman–Crippen MR) is 137 cm³/mol. The second-order valence-electron chi connectivity index (χ2n) is 10.9. The highest BCUT2D eigenvalue weighted by atomic mass is 16.6. The number of pyridine rings is 1. The zero-order valence-corrected chi connectivity index (χ0v) is 22.1. The molecule has 0 spiro atoms. The summed E-state index contributed by atoms with van der Waals surface area (Å²) in [4.78, 5) is 29.5. The number of aromatic nitrogens is 3. The fourth-order valence-electron chi connectivity index (χ4n) is 3.09. The molecular weight excluding hydrogens is 446 g/mol. The largest absolute Gasteiger partial charge is 0.442 e. The van der Waals surface area contributed by atoms with Gasteiger partial charge in [-0.2, -0.15) is 0 Å². The van der Waals surface area contributed by atoms with E-state index in [-0.39, 0.29) is 16.9 Å². The SMILES string of the molecule is CC(C)CCCN(Nc1cc(Nc2cccc(C(C)(C)C)n2)c(C(N)=O)nn1)C(=O)OC(C)(C)C. The number of hydrazine groups is 1. The number of anilines is 3. The van der Waals surface area contributed by atoms with Gasteiger partial charge in [0.25, 0.3) is 5.91 Å². The van der Waals surface area contributed by atoms with Crippen LogP contribution in [0.25, 0.3) is 0 Å². The van der Waals surface area contributed by atoms with Gasteiger partial charge in [0.15, 0.2) is 11.5 Å². The zero-order chi connectivity index (χ0) is 26.4. The van der Waals surface area contributed by atoms with E-state index in [1.807, 2.05) is 12.1 Å². The maximum Gasteiger partial charge on any atom is 0.429 e. The molecule has 2 rings (SSSR count). The van der Waals surface area contributed by atoms with Gasteiger partial charge in [-0.05, 0) is 51.7 Å². The predicted octanol–water partition coefficient (Wildman–Crippen LogP) is 5.01. The first kappa shape index (κ1) is 27.8. The third kappa shape index (κ3) is 9.03. The van der Waals surface area contributed by atoms with Crippen molar-refractivity contribution in [3.05, 3.63) is 35.7 Å². The van der Waals surface area contributed by atoms with Gasteiger partial charge in [-0.15, -0.1) is 10.2 Å². The number of rotatable bonds is 9. The van der Waals surface area contributed by atoms with E-state index < -0.39 is 17.6 Å². The summed E-state index contributed by atoms with van der Waals surface area (Å²) in [6.45, 7) is 16.3. The first-order valence-electron chi connectivity index (χ1n) is 11.8. The molecule has 2 aromatic heterocycles. The van der Waals surface area contributed by atoms with Crippen LogP contribution < -0.4 is 16.5 Å². The standard InChI is InChI=1S/C25H39N7O3/c1-16(2)11-10-14-32(23(34)35-25(6,7)8)31-20-15-17(21(22(26)33)30-29-20)27-19-13-9-12-18(28-19)24(3,4)5/h9,12-13,15-16H,10-11,14H2,1-8H3,(H2,26,33)(H2,27,28,29,31). The van der Waals surface area contributed by atoms with Gasteiger partial charge in [0.2, 0.25) is 0 Å². The fraction of sp³-hybridized carbons (Fsp3) is 0.560. The summed E-state index contributed by atoms with van der Waals surface area (Å²) in [5.74, 6) is 0.538. The molecule has 0 saturated carbocycles. The first-order valence-corrected chi connectivity index (χ1v) is 11.8. The zero-order valence-electron chi connectivity index (χ0n) is 22.1. The number of amides is 2. The fourth-order valence-corrected chi connectivity index (χ4v) is 3.09. The lowest BCUT2D eigenvalue weighted by Crippen LogP contribution is -2.41. The third-order valence-electron chi connectivity index (χ3n) is 4.83. The van der Waals surface area contributed by atoms with E-state index in [0.717, 1.165) is 18.5 Å². The van der Waals surface area contributed by atoms with Crippen molar-refractivity contribution in [2.24, 2.45) is 11.7 Å². The number of carbonyl (C=O) groups is 2. The second-order valence-corrected chi connectivity index (χ2v) is 10.9. The molecule has 0 aromatic carbocycles. The summed E-state index contributed by atoms with van der Waals surface area (Å²) in [6.07, 6.45) is 1.18. The minimum absolute atomic E-state index is 0.0397. The Kier molecular flexibility index (Phi) is 9.00. The van der Waals surface area contributed by atoms with Gasteiger partial charge in [-0.3, -0.25) is 10.2 Å². The molecule has 10 heteroatoms. The quantitative estimate of drug-likeness (QED) is 0.422. The highest BCUT2D eigenvalue weighted by Crippen LogP contribution is 2.25. The van der Waals surface area contributed by atoms with Gasteiger partial charge in [0.1, 0.15) is 11.4 Å². The number of nitrogens with two attached hydrogens (primary N) is 1. The van der Waals surface area contributed by atoms with Crippen LogP contribution in [0, 0.1) is 5.92 Å². The van der Waals surface area contributed by atoms with Crippen LogP contribution in [0.1, 0.15) is 84.4 Å². The lowest BCUT2D eigenvalue weighted by molar-refractivity contribution is 0.0291. The number of hydrogen-bond acceptors (Lipinski definition) is 8. The summed E-state index contributed by atoms with van der Waals surface area (Å²) in [5, 5.41) is 12.5. The van der Waals surface area contributed by atoms with Crippen LogP contribution >= 0.6 is 0 Å². The van der Waals surface area contributed by atoms with Gasteiger partial charge in [0.05, 0.1) is 5.69 Å². The average molecular weight is 486 g/mol. The van der Waals surface area contributed by atoms with Gasteiger partial charge in [-0.1, -0.05) is 40.7 Å². The van der Waals surface area contributed by atoms with Crippen LogP contribution in [0.5, 0.6) is 0 Å². The van der Waals surface area contributed by atoms with Crippen molar-refractivity contribution < 1.29 is 14.3 Å². The van der Waals surface area contributed by atoms with Crippen molar-refractivity contribution in [1.29, 1.82) is 0 Å². The van der Waals surface area contributed by atoms with E-state index in [1.54, 1.807) is 32.9 Å². The molecular formula is C25H39N7O3. The molecule has 0 aliphatic heterocycles. The van der Waals surface area contributed by atoms with Gasteiger partial charge in [0, 0.05) is 23.7 Å². The van der Waals surface area contributed by atoms with E-state index in [2.05, 4.69) is 60.5 Å². The average Bonchev–Trinajstić information content (AvgIpc) is 2.71. The Morgan fingerprint density at radius 3 is 2.34 bits per heavy atom. The molecule has 0 atom stereocenters.